The van der Waals surface area contributed by atoms with Crippen LogP contribution in [0.2, 0.25) is 0 Å². The molecule has 0 bridgehead atoms. The number of nitriles is 1. The van der Waals surface area contributed by atoms with Crippen LogP contribution in [0.15, 0.2) is 62.8 Å². The molecule has 4 nitrogen and oxygen atoms in total. The molecule has 0 saturated carbocycles. The van der Waals surface area contributed by atoms with E-state index in [-0.39, 0.29) is 4.90 Å². The van der Waals surface area contributed by atoms with Crippen LogP contribution in [0.1, 0.15) is 0 Å². The minimum absolute atomic E-state index is 0.197. The van der Waals surface area contributed by atoms with Crippen molar-refractivity contribution in [3.05, 3.63) is 53.0 Å². The molecule has 2 aromatic rings. The van der Waals surface area contributed by atoms with Crippen LogP contribution < -0.4 is 4.72 Å². The Labute approximate surface area is 130 Å². The Morgan fingerprint density at radius 3 is 2.45 bits per heavy atom. The van der Waals surface area contributed by atoms with Crippen molar-refractivity contribution in [2.45, 2.75) is 9.79 Å². The van der Waals surface area contributed by atoms with E-state index in [0.29, 0.717) is 10.2 Å². The van der Waals surface area contributed by atoms with E-state index in [0.717, 1.165) is 16.7 Å². The van der Waals surface area contributed by atoms with E-state index in [1.807, 2.05) is 5.40 Å². The Balaban J connectivity index is 2.29. The second-order valence-corrected chi connectivity index (χ2v) is 7.15. The van der Waals surface area contributed by atoms with Crippen molar-refractivity contribution in [2.24, 2.45) is 0 Å². The Kier molecular flexibility index (Phi) is 4.70. The second-order valence-electron chi connectivity index (χ2n) is 3.75. The molecule has 0 aliphatic carbocycles. The van der Waals surface area contributed by atoms with Gasteiger partial charge in [0, 0.05) is 9.37 Å². The number of hydrogen-bond donors (Lipinski definition) is 1. The van der Waals surface area contributed by atoms with Gasteiger partial charge in [-0.1, -0.05) is 18.2 Å². The molecule has 0 amide bonds. The highest BCUT2D eigenvalue weighted by molar-refractivity contribution is 9.10. The van der Waals surface area contributed by atoms with Crippen LogP contribution >= 0.6 is 27.7 Å². The van der Waals surface area contributed by atoms with Crippen LogP contribution in [-0.4, -0.2) is 8.42 Å². The zero-order valence-electron chi connectivity index (χ0n) is 10.1. The van der Waals surface area contributed by atoms with Gasteiger partial charge in [0.25, 0.3) is 10.0 Å². The highest BCUT2D eigenvalue weighted by Crippen LogP contribution is 2.29. The summed E-state index contributed by atoms with van der Waals surface area (Å²) in [5.74, 6) is 0. The highest BCUT2D eigenvalue weighted by Gasteiger charge is 2.15. The smallest absolute Gasteiger partial charge is 0.261 e. The lowest BCUT2D eigenvalue weighted by atomic mass is 10.3. The molecule has 0 aromatic heterocycles. The van der Waals surface area contributed by atoms with E-state index in [1.165, 1.54) is 12.1 Å². The maximum absolute atomic E-state index is 12.2. The third kappa shape index (κ3) is 3.54. The van der Waals surface area contributed by atoms with E-state index in [2.05, 4.69) is 20.7 Å². The molecule has 0 heterocycles. The maximum Gasteiger partial charge on any atom is 0.261 e. The second kappa shape index (κ2) is 6.31. The molecule has 0 saturated heterocycles. The summed E-state index contributed by atoms with van der Waals surface area (Å²) < 4.78 is 27.4. The van der Waals surface area contributed by atoms with Gasteiger partial charge in [-0.05, 0) is 58.0 Å². The minimum atomic E-state index is -3.61. The quantitative estimate of drug-likeness (QED) is 0.657. The van der Waals surface area contributed by atoms with Crippen LogP contribution in [-0.2, 0) is 10.0 Å². The fraction of sp³-hybridized carbons (Fsp3) is 0. The molecule has 20 heavy (non-hydrogen) atoms. The number of sulfonamides is 1. The first-order valence-corrected chi connectivity index (χ1v) is 8.55. The van der Waals surface area contributed by atoms with Crippen molar-refractivity contribution >= 4 is 43.4 Å². The standard InChI is InChI=1S/C13H9BrN2O2S2/c14-12-8-10(19-9-15)6-7-13(12)16-20(17,18)11-4-2-1-3-5-11/h1-8,16H. The normalized spacial score (nSPS) is 10.8. The summed E-state index contributed by atoms with van der Waals surface area (Å²) in [5.41, 5.74) is 0.427. The van der Waals surface area contributed by atoms with E-state index in [9.17, 15) is 8.42 Å². The summed E-state index contributed by atoms with van der Waals surface area (Å²) in [6.07, 6.45) is 0. The molecule has 7 heteroatoms. The number of hydrogen-bond acceptors (Lipinski definition) is 4. The Morgan fingerprint density at radius 2 is 1.85 bits per heavy atom. The number of benzene rings is 2. The van der Waals surface area contributed by atoms with Gasteiger partial charge < -0.3 is 0 Å². The first kappa shape index (κ1) is 14.9. The fourth-order valence-corrected chi connectivity index (χ4v) is 3.78. The van der Waals surface area contributed by atoms with Crippen molar-refractivity contribution in [1.29, 1.82) is 5.26 Å². The molecule has 0 atom stereocenters. The monoisotopic (exact) mass is 368 g/mol. The Bertz CT molecular complexity index is 756. The zero-order chi connectivity index (χ0) is 14.6. The first-order chi connectivity index (χ1) is 9.53. The summed E-state index contributed by atoms with van der Waals surface area (Å²) in [4.78, 5) is 0.935. The van der Waals surface area contributed by atoms with E-state index < -0.39 is 10.0 Å². The van der Waals surface area contributed by atoms with Crippen molar-refractivity contribution in [3.8, 4) is 5.40 Å². The van der Waals surface area contributed by atoms with Crippen LogP contribution in [0.5, 0.6) is 0 Å². The number of thioether (sulfide) groups is 1. The molecule has 0 aliphatic heterocycles. The molecular weight excluding hydrogens is 360 g/mol. The van der Waals surface area contributed by atoms with Gasteiger partial charge in [0.1, 0.15) is 5.40 Å². The van der Waals surface area contributed by atoms with Gasteiger partial charge in [-0.15, -0.1) is 0 Å². The zero-order valence-corrected chi connectivity index (χ0v) is 13.3. The molecule has 0 fully saturated rings. The van der Waals surface area contributed by atoms with E-state index in [1.54, 1.807) is 36.4 Å². The number of rotatable bonds is 4. The number of halogens is 1. The van der Waals surface area contributed by atoms with Gasteiger partial charge in [0.15, 0.2) is 0 Å². The highest BCUT2D eigenvalue weighted by atomic mass is 79.9. The van der Waals surface area contributed by atoms with E-state index in [4.69, 9.17) is 5.26 Å². The van der Waals surface area contributed by atoms with Gasteiger partial charge in [-0.25, -0.2) is 8.42 Å². The van der Waals surface area contributed by atoms with Gasteiger partial charge in [0.2, 0.25) is 0 Å². The fourth-order valence-electron chi connectivity index (χ4n) is 1.50. The van der Waals surface area contributed by atoms with Crippen molar-refractivity contribution < 1.29 is 8.42 Å². The lowest BCUT2D eigenvalue weighted by Crippen LogP contribution is -2.13. The molecule has 102 valence electrons. The summed E-state index contributed by atoms with van der Waals surface area (Å²) in [5, 5.41) is 10.6. The van der Waals surface area contributed by atoms with Crippen molar-refractivity contribution in [1.82, 2.24) is 0 Å². The van der Waals surface area contributed by atoms with Crippen LogP contribution in [0, 0.1) is 10.7 Å². The predicted octanol–water partition coefficient (Wildman–Crippen LogP) is 3.82. The molecular formula is C13H9BrN2O2S2. The van der Waals surface area contributed by atoms with E-state index >= 15 is 0 Å². The average molecular weight is 369 g/mol. The van der Waals surface area contributed by atoms with Crippen molar-refractivity contribution in [2.75, 3.05) is 4.72 Å². The molecule has 1 N–H and O–H groups in total. The first-order valence-electron chi connectivity index (χ1n) is 5.46. The Hall–Kier alpha value is -1.49. The summed E-state index contributed by atoms with van der Waals surface area (Å²) in [7, 11) is -3.61. The van der Waals surface area contributed by atoms with Gasteiger partial charge in [-0.3, -0.25) is 4.72 Å². The molecule has 2 rings (SSSR count). The number of nitrogens with zero attached hydrogens (tertiary/aromatic N) is 1. The molecule has 0 spiro atoms. The lowest BCUT2D eigenvalue weighted by molar-refractivity contribution is 0.601. The molecule has 0 unspecified atom stereocenters. The SMILES string of the molecule is N#CSc1ccc(NS(=O)(=O)c2ccccc2)c(Br)c1. The van der Waals surface area contributed by atoms with Crippen LogP contribution in [0.4, 0.5) is 5.69 Å². The maximum atomic E-state index is 12.2. The largest absolute Gasteiger partial charge is 0.278 e. The number of anilines is 1. The summed E-state index contributed by atoms with van der Waals surface area (Å²) in [6, 6.07) is 13.1. The average Bonchev–Trinajstić information content (AvgIpc) is 2.43. The topological polar surface area (TPSA) is 70.0 Å². The van der Waals surface area contributed by atoms with Crippen LogP contribution in [0.3, 0.4) is 0 Å². The summed E-state index contributed by atoms with van der Waals surface area (Å²) in [6.45, 7) is 0. The molecule has 0 aliphatic rings. The minimum Gasteiger partial charge on any atom is -0.278 e. The number of nitrogens with one attached hydrogen (secondary N) is 1. The lowest BCUT2D eigenvalue weighted by Gasteiger charge is -2.10. The van der Waals surface area contributed by atoms with Crippen molar-refractivity contribution in [3.63, 3.8) is 0 Å². The third-order valence-electron chi connectivity index (χ3n) is 2.40. The van der Waals surface area contributed by atoms with Gasteiger partial charge >= 0.3 is 0 Å². The van der Waals surface area contributed by atoms with Gasteiger partial charge in [0.05, 0.1) is 10.6 Å². The predicted molar refractivity (Wildman–Crippen MR) is 82.9 cm³/mol. The van der Waals surface area contributed by atoms with Gasteiger partial charge in [-0.2, -0.15) is 5.26 Å². The summed E-state index contributed by atoms with van der Waals surface area (Å²) >= 11 is 4.30. The molecule has 2 aromatic carbocycles. The Morgan fingerprint density at radius 1 is 1.15 bits per heavy atom. The van der Waals surface area contributed by atoms with Crippen LogP contribution in [0.25, 0.3) is 0 Å². The molecule has 0 radical (unpaired) electrons. The number of thiocyanates is 1. The third-order valence-corrected chi connectivity index (χ3v) is 5.02.